The highest BCUT2D eigenvalue weighted by Crippen LogP contribution is 2.60. The molecule has 30 nitrogen and oxygen atoms in total. The SMILES string of the molecule is CC(C)C(C(=O)N1CCC[C@H]1C(=O)N[C@@H](C)c1ccc(C#N)cc1)c1cc(OCCN2CCC(OC3CC(Oc4cc(N5C6CCC5CN(c5cc(-c7ccccc7OCOP(=O)(O)OP(=O)(O)OCCNC(=O)CCCCCN7C(=O)C=CC7=O)nnc5N)C6)ccn4)C3)CC2)no1. The number of carbonyl (C=O) groups excluding carboxylic acids is 5. The molecule has 2 aromatic carbocycles. The highest BCUT2D eigenvalue weighted by molar-refractivity contribution is 7.61. The number of aromatic nitrogens is 4. The van der Waals surface area contributed by atoms with E-state index in [0.29, 0.717) is 105 Å². The molecule has 6 aliphatic rings. The van der Waals surface area contributed by atoms with Crippen LogP contribution in [-0.4, -0.2) is 183 Å². The van der Waals surface area contributed by atoms with E-state index in [4.69, 9.17) is 38.3 Å². The van der Waals surface area contributed by atoms with Gasteiger partial charge >= 0.3 is 15.6 Å². The third-order valence-corrected chi connectivity index (χ3v) is 21.3. The lowest BCUT2D eigenvalue weighted by Gasteiger charge is -2.43. The predicted octanol–water partition coefficient (Wildman–Crippen LogP) is 7.10. The number of nitrogens with two attached hydrogens (primary N) is 1. The van der Waals surface area contributed by atoms with Gasteiger partial charge in [-0.25, -0.2) is 18.6 Å². The maximum Gasteiger partial charge on any atom is 0.484 e. The molecule has 5 fully saturated rings. The molecule has 11 rings (SSSR count). The number of piperazine rings is 1. The number of nitrogens with one attached hydrogen (secondary N) is 2. The minimum atomic E-state index is -5.24. The number of unbranched alkanes of at least 4 members (excludes halogenated alkanes) is 2. The lowest BCUT2D eigenvalue weighted by molar-refractivity contribution is -0.141. The molecule has 5 aromatic rings. The van der Waals surface area contributed by atoms with Crippen molar-refractivity contribution < 1.29 is 79.7 Å². The second-order valence-corrected chi connectivity index (χ2v) is 29.0. The molecule has 5 unspecified atom stereocenters. The number of imide groups is 1. The van der Waals surface area contributed by atoms with E-state index in [0.717, 1.165) is 67.8 Å². The monoisotopic (exact) mass is 1410 g/mol. The van der Waals surface area contributed by atoms with Crippen LogP contribution in [0.1, 0.15) is 127 Å². The van der Waals surface area contributed by atoms with E-state index in [-0.39, 0.29) is 103 Å². The van der Waals surface area contributed by atoms with Crippen molar-refractivity contribution >= 4 is 62.4 Å². The first-order valence-corrected chi connectivity index (χ1v) is 36.7. The number of hydrogen-bond donors (Lipinski definition) is 5. The van der Waals surface area contributed by atoms with E-state index in [9.17, 15) is 48.2 Å². The van der Waals surface area contributed by atoms with E-state index < -0.39 is 41.0 Å². The number of nitrogen functional groups attached to an aromatic ring is 1. The summed E-state index contributed by atoms with van der Waals surface area (Å²) in [4.78, 5) is 98.1. The number of nitrogens with zero attached hydrogens (tertiary/aromatic N) is 10. The minimum Gasteiger partial charge on any atom is -0.474 e. The van der Waals surface area contributed by atoms with E-state index in [1.165, 1.54) is 12.2 Å². The average Bonchev–Trinajstić information content (AvgIpc) is 1.71. The number of phosphoric ester groups is 2. The van der Waals surface area contributed by atoms with E-state index in [1.807, 2.05) is 51.1 Å². The first kappa shape index (κ1) is 71.9. The molecule has 32 heteroatoms. The highest BCUT2D eigenvalue weighted by atomic mass is 31.3. The Labute approximate surface area is 573 Å². The Morgan fingerprint density at radius 1 is 0.808 bits per heavy atom. The van der Waals surface area contributed by atoms with Crippen LogP contribution in [0.15, 0.2) is 95.7 Å². The fourth-order valence-corrected chi connectivity index (χ4v) is 15.5. The molecular formula is C67H85N13O17P2. The molecule has 530 valence electrons. The molecule has 7 atom stereocenters. The van der Waals surface area contributed by atoms with Gasteiger partial charge in [-0.1, -0.05) is 44.5 Å². The molecule has 6 N–H and O–H groups in total. The van der Waals surface area contributed by atoms with Crippen molar-refractivity contribution in [3.63, 3.8) is 0 Å². The molecule has 2 bridgehead atoms. The van der Waals surface area contributed by atoms with E-state index >= 15 is 0 Å². The molecule has 0 radical (unpaired) electrons. The van der Waals surface area contributed by atoms with Gasteiger partial charge in [0.05, 0.1) is 47.9 Å². The Kier molecular flexibility index (Phi) is 23.8. The second kappa shape index (κ2) is 32.8. The number of piperidine rings is 1. The van der Waals surface area contributed by atoms with Crippen molar-refractivity contribution in [1.82, 2.24) is 45.7 Å². The fourth-order valence-electron chi connectivity index (χ4n) is 13.5. The van der Waals surface area contributed by atoms with Gasteiger partial charge in [0, 0.05) is 125 Å². The van der Waals surface area contributed by atoms with Crippen LogP contribution in [0.2, 0.25) is 0 Å². The van der Waals surface area contributed by atoms with Gasteiger partial charge in [0.25, 0.3) is 17.7 Å². The summed E-state index contributed by atoms with van der Waals surface area (Å²) >= 11 is 0. The Balaban J connectivity index is 0.573. The van der Waals surface area contributed by atoms with Gasteiger partial charge < -0.3 is 64.3 Å². The summed E-state index contributed by atoms with van der Waals surface area (Å²) < 4.78 is 69.9. The molecule has 8 heterocycles. The van der Waals surface area contributed by atoms with Crippen LogP contribution in [0.4, 0.5) is 17.2 Å². The minimum absolute atomic E-state index is 0.0184. The number of nitriles is 1. The number of ether oxygens (including phenoxy) is 4. The zero-order valence-electron chi connectivity index (χ0n) is 55.6. The Hall–Kier alpha value is -8.36. The first-order valence-electron chi connectivity index (χ1n) is 33.7. The van der Waals surface area contributed by atoms with Crippen LogP contribution in [0.5, 0.6) is 17.5 Å². The number of pyridine rings is 1. The highest BCUT2D eigenvalue weighted by Gasteiger charge is 2.44. The maximum absolute atomic E-state index is 14.1. The number of phosphoric acid groups is 2. The zero-order valence-corrected chi connectivity index (χ0v) is 57.4. The largest absolute Gasteiger partial charge is 0.484 e. The summed E-state index contributed by atoms with van der Waals surface area (Å²) in [6.07, 6.45) is 12.6. The summed E-state index contributed by atoms with van der Waals surface area (Å²) in [6, 6.07) is 22.8. The van der Waals surface area contributed by atoms with Gasteiger partial charge in [-0.3, -0.25) is 38.3 Å². The van der Waals surface area contributed by atoms with Crippen LogP contribution >= 0.6 is 15.6 Å². The molecule has 4 saturated heterocycles. The third-order valence-electron chi connectivity index (χ3n) is 18.7. The van der Waals surface area contributed by atoms with Gasteiger partial charge in [-0.05, 0) is 111 Å². The first-order chi connectivity index (χ1) is 47.7. The number of carbonyl (C=O) groups is 5. The topological polar surface area (TPSA) is 379 Å². The Morgan fingerprint density at radius 2 is 1.55 bits per heavy atom. The molecular weight excluding hydrogens is 1320 g/mol. The van der Waals surface area contributed by atoms with Crippen molar-refractivity contribution in [3.05, 3.63) is 108 Å². The zero-order chi connectivity index (χ0) is 69.8. The third kappa shape index (κ3) is 18.7. The Bertz CT molecular complexity index is 3810. The van der Waals surface area contributed by atoms with Crippen LogP contribution < -0.4 is 40.4 Å². The second-order valence-electron chi connectivity index (χ2n) is 25.9. The predicted molar refractivity (Wildman–Crippen MR) is 358 cm³/mol. The van der Waals surface area contributed by atoms with Gasteiger partial charge in [-0.2, -0.15) is 9.57 Å². The Morgan fingerprint density at radius 3 is 2.28 bits per heavy atom. The average molecular weight is 1410 g/mol. The van der Waals surface area contributed by atoms with Crippen molar-refractivity contribution in [3.8, 4) is 34.8 Å². The van der Waals surface area contributed by atoms with Crippen molar-refractivity contribution in [2.24, 2.45) is 5.92 Å². The summed E-state index contributed by atoms with van der Waals surface area (Å²) in [7, 11) is -10.4. The number of hydrogen-bond acceptors (Lipinski definition) is 24. The number of para-hydroxylation sites is 1. The van der Waals surface area contributed by atoms with Crippen LogP contribution in [0.25, 0.3) is 11.3 Å². The molecule has 1 saturated carbocycles. The standard InChI is InChI=1S/C67H85N13O17P2/c1-43(2)64(67(85)78-28-9-11-55(78)66(84)72-44(3)46-16-14-45(39-68)15-17-46)58-38-61(75-96-58)90-33-31-76-29-23-50(24-30-76)94-51-35-52(36-51)95-60-34-47(22-25-71-60)80-48-18-19-49(80)41-77(40-48)56-37-54(73-74-65(56)69)53-10-6-7-12-57(53)91-42-93-99(88,89)97-98(86,87)92-32-26-70-59(81)13-5-4-8-27-79-62(82)20-21-63(79)83/h6-7,10,12,14-17,20-22,25,34,37-38,43-44,48-52,55,64H,4-5,8-9,11,13,18-19,23-24,26-33,35-36,40-42H2,1-3H3,(H2,69,74)(H,70,81)(H,72,84)(H,86,87)(H,88,89)/t44-,48?,49?,51?,52?,55-,64?/m0/s1. The van der Waals surface area contributed by atoms with Crippen molar-refractivity contribution in [2.75, 3.05) is 87.9 Å². The lowest BCUT2D eigenvalue weighted by atomic mass is 9.91. The van der Waals surface area contributed by atoms with E-state index in [2.05, 4.69) is 56.1 Å². The summed E-state index contributed by atoms with van der Waals surface area (Å²) in [5.41, 5.74) is 10.5. The number of amides is 5. The van der Waals surface area contributed by atoms with E-state index in [1.54, 1.807) is 53.6 Å². The molecule has 99 heavy (non-hydrogen) atoms. The summed E-state index contributed by atoms with van der Waals surface area (Å²) in [5, 5.41) is 27.6. The van der Waals surface area contributed by atoms with Gasteiger partial charge in [0.2, 0.25) is 23.6 Å². The van der Waals surface area contributed by atoms with Gasteiger partial charge in [0.15, 0.2) is 18.4 Å². The lowest BCUT2D eigenvalue weighted by Crippen LogP contribution is -2.54. The van der Waals surface area contributed by atoms with Gasteiger partial charge in [0.1, 0.15) is 30.4 Å². The van der Waals surface area contributed by atoms with Crippen LogP contribution in [0.3, 0.4) is 0 Å². The molecule has 1 aliphatic carbocycles. The molecule has 3 aromatic heterocycles. The smallest absolute Gasteiger partial charge is 0.474 e. The fraction of sp³-hybridized carbons (Fsp3) is 0.522. The summed E-state index contributed by atoms with van der Waals surface area (Å²) in [6.45, 7) is 8.94. The normalized spacial score (nSPS) is 22.0. The number of rotatable bonds is 33. The van der Waals surface area contributed by atoms with Gasteiger partial charge in [-0.15, -0.1) is 10.2 Å². The molecule has 5 aliphatic heterocycles. The van der Waals surface area contributed by atoms with Crippen molar-refractivity contribution in [2.45, 2.75) is 146 Å². The quantitative estimate of drug-likeness (QED) is 0.0121. The maximum atomic E-state index is 14.1. The molecule has 5 amide bonds. The summed E-state index contributed by atoms with van der Waals surface area (Å²) in [5.74, 6) is -0.600. The number of anilines is 3. The molecule has 0 spiro atoms. The van der Waals surface area contributed by atoms with Crippen LogP contribution in [0, 0.1) is 17.2 Å². The number of benzene rings is 2. The number of likely N-dealkylation sites (tertiary alicyclic amines) is 2. The van der Waals surface area contributed by atoms with Crippen molar-refractivity contribution in [1.29, 1.82) is 5.26 Å². The van der Waals surface area contributed by atoms with Crippen LogP contribution in [-0.2, 0) is 51.2 Å². The number of fused-ring (bicyclic) bond motifs is 2.